The summed E-state index contributed by atoms with van der Waals surface area (Å²) in [6.45, 7) is 2.65. The molecule has 1 aliphatic heterocycles. The van der Waals surface area contributed by atoms with Gasteiger partial charge in [0.15, 0.2) is 0 Å². The van der Waals surface area contributed by atoms with Gasteiger partial charge in [-0.3, -0.25) is 5.01 Å². The lowest BCUT2D eigenvalue weighted by Gasteiger charge is -2.25. The Bertz CT molecular complexity index is 1050. The molecule has 1 aliphatic rings. The summed E-state index contributed by atoms with van der Waals surface area (Å²) in [6.07, 6.45) is 0.808. The van der Waals surface area contributed by atoms with Crippen molar-refractivity contribution in [1.29, 1.82) is 0 Å². The minimum Gasteiger partial charge on any atom is -0.497 e. The first-order valence-corrected chi connectivity index (χ1v) is 11.4. The van der Waals surface area contributed by atoms with E-state index in [2.05, 4.69) is 67.2 Å². The van der Waals surface area contributed by atoms with Gasteiger partial charge in [0.2, 0.25) is 0 Å². The molecule has 154 valence electrons. The second-order valence-corrected chi connectivity index (χ2v) is 8.71. The molecule has 0 aliphatic carbocycles. The van der Waals surface area contributed by atoms with Crippen LogP contribution in [0.1, 0.15) is 30.5 Å². The van der Waals surface area contributed by atoms with Gasteiger partial charge < -0.3 is 9.47 Å². The van der Waals surface area contributed by atoms with Gasteiger partial charge >= 0.3 is 0 Å². The molecule has 3 aromatic carbocycles. The molecule has 0 amide bonds. The van der Waals surface area contributed by atoms with Gasteiger partial charge in [0.25, 0.3) is 0 Å². The predicted molar refractivity (Wildman–Crippen MR) is 129 cm³/mol. The molecule has 0 aromatic heterocycles. The van der Waals surface area contributed by atoms with Gasteiger partial charge in [-0.25, -0.2) is 0 Å². The van der Waals surface area contributed by atoms with E-state index >= 15 is 0 Å². The van der Waals surface area contributed by atoms with E-state index in [1.807, 2.05) is 43.3 Å². The van der Waals surface area contributed by atoms with Crippen molar-refractivity contribution in [3.63, 3.8) is 0 Å². The van der Waals surface area contributed by atoms with E-state index in [0.29, 0.717) is 6.61 Å². The van der Waals surface area contributed by atoms with Crippen molar-refractivity contribution in [2.75, 3.05) is 18.7 Å². The third kappa shape index (κ3) is 4.40. The third-order valence-electron chi connectivity index (χ3n) is 5.07. The van der Waals surface area contributed by atoms with Crippen LogP contribution in [0.3, 0.4) is 0 Å². The second-order valence-electron chi connectivity index (χ2n) is 6.94. The number of halogens is 2. The Balaban J connectivity index is 1.71. The average molecular weight is 530 g/mol. The summed E-state index contributed by atoms with van der Waals surface area (Å²) in [5.41, 5.74) is 4.37. The zero-order valence-electron chi connectivity index (χ0n) is 16.8. The summed E-state index contributed by atoms with van der Waals surface area (Å²) >= 11 is 7.24. The molecular formula is C24H22Br2N2O2. The number of ether oxygens (including phenoxy) is 2. The molecule has 1 atom stereocenters. The molecule has 3 aromatic rings. The first-order valence-electron chi connectivity index (χ1n) is 9.78. The molecule has 4 nitrogen and oxygen atoms in total. The summed E-state index contributed by atoms with van der Waals surface area (Å²) in [4.78, 5) is 0. The Kier molecular flexibility index (Phi) is 6.44. The summed E-state index contributed by atoms with van der Waals surface area (Å²) in [5, 5.41) is 7.13. The minimum absolute atomic E-state index is 0.0925. The van der Waals surface area contributed by atoms with Gasteiger partial charge in [-0.15, -0.1) is 0 Å². The van der Waals surface area contributed by atoms with Crippen molar-refractivity contribution in [2.24, 2.45) is 5.10 Å². The van der Waals surface area contributed by atoms with E-state index in [9.17, 15) is 0 Å². The lowest BCUT2D eigenvalue weighted by Crippen LogP contribution is -2.19. The Morgan fingerprint density at radius 3 is 2.30 bits per heavy atom. The summed E-state index contributed by atoms with van der Waals surface area (Å²) in [7, 11) is 1.68. The maximum absolute atomic E-state index is 5.58. The first kappa shape index (κ1) is 20.9. The first-order chi connectivity index (χ1) is 14.6. The number of benzene rings is 3. The van der Waals surface area contributed by atoms with Crippen LogP contribution in [-0.4, -0.2) is 19.4 Å². The van der Waals surface area contributed by atoms with Gasteiger partial charge in [-0.1, -0.05) is 28.1 Å². The van der Waals surface area contributed by atoms with Crippen molar-refractivity contribution in [2.45, 2.75) is 19.4 Å². The normalized spacial score (nSPS) is 15.8. The molecule has 0 radical (unpaired) electrons. The molecule has 0 saturated carbocycles. The van der Waals surface area contributed by atoms with Crippen LogP contribution in [0.5, 0.6) is 11.5 Å². The van der Waals surface area contributed by atoms with E-state index in [0.717, 1.165) is 43.8 Å². The van der Waals surface area contributed by atoms with Crippen LogP contribution in [0.4, 0.5) is 5.69 Å². The molecule has 0 spiro atoms. The number of anilines is 1. The highest BCUT2D eigenvalue weighted by atomic mass is 79.9. The highest BCUT2D eigenvalue weighted by Gasteiger charge is 2.31. The van der Waals surface area contributed by atoms with Gasteiger partial charge in [-0.05, 0) is 88.6 Å². The van der Waals surface area contributed by atoms with Crippen LogP contribution < -0.4 is 14.5 Å². The molecule has 1 unspecified atom stereocenters. The topological polar surface area (TPSA) is 34.1 Å². The molecule has 1 heterocycles. The Morgan fingerprint density at radius 2 is 1.67 bits per heavy atom. The average Bonchev–Trinajstić information content (AvgIpc) is 3.19. The monoisotopic (exact) mass is 528 g/mol. The van der Waals surface area contributed by atoms with E-state index in [1.165, 1.54) is 5.56 Å². The van der Waals surface area contributed by atoms with Crippen LogP contribution in [0.25, 0.3) is 0 Å². The van der Waals surface area contributed by atoms with Crippen LogP contribution in [0, 0.1) is 0 Å². The van der Waals surface area contributed by atoms with Crippen molar-refractivity contribution in [3.8, 4) is 11.5 Å². The van der Waals surface area contributed by atoms with E-state index in [1.54, 1.807) is 7.11 Å². The second kappa shape index (κ2) is 9.23. The number of hydrazone groups is 1. The quantitative estimate of drug-likeness (QED) is 0.345. The highest BCUT2D eigenvalue weighted by molar-refractivity contribution is 9.11. The summed E-state index contributed by atoms with van der Waals surface area (Å²) < 4.78 is 12.9. The van der Waals surface area contributed by atoms with E-state index < -0.39 is 0 Å². The molecule has 4 rings (SSSR count). The fourth-order valence-electron chi connectivity index (χ4n) is 3.57. The maximum atomic E-state index is 5.58. The van der Waals surface area contributed by atoms with E-state index in [4.69, 9.17) is 14.6 Å². The van der Waals surface area contributed by atoms with Gasteiger partial charge in [0.1, 0.15) is 11.5 Å². The predicted octanol–water partition coefficient (Wildman–Crippen LogP) is 6.97. The molecule has 0 bridgehead atoms. The number of hydrogen-bond donors (Lipinski definition) is 0. The highest BCUT2D eigenvalue weighted by Crippen LogP contribution is 2.41. The number of nitrogens with zero attached hydrogens (tertiary/aromatic N) is 2. The van der Waals surface area contributed by atoms with Gasteiger partial charge in [0, 0.05) is 15.4 Å². The molecular weight excluding hydrogens is 508 g/mol. The van der Waals surface area contributed by atoms with Gasteiger partial charge in [0.05, 0.1) is 31.2 Å². The Labute approximate surface area is 193 Å². The van der Waals surface area contributed by atoms with Crippen molar-refractivity contribution >= 4 is 43.3 Å². The summed E-state index contributed by atoms with van der Waals surface area (Å²) in [6, 6.07) is 22.6. The van der Waals surface area contributed by atoms with Gasteiger partial charge in [-0.2, -0.15) is 5.10 Å². The lowest BCUT2D eigenvalue weighted by atomic mass is 9.98. The van der Waals surface area contributed by atoms with E-state index in [-0.39, 0.29) is 6.04 Å². The Hall–Kier alpha value is -2.31. The third-order valence-corrected chi connectivity index (χ3v) is 6.19. The van der Waals surface area contributed by atoms with Crippen LogP contribution in [0.2, 0.25) is 0 Å². The maximum Gasteiger partial charge on any atom is 0.119 e. The van der Waals surface area contributed by atoms with Crippen LogP contribution >= 0.6 is 31.9 Å². The summed E-state index contributed by atoms with van der Waals surface area (Å²) in [5.74, 6) is 1.72. The van der Waals surface area contributed by atoms with Crippen LogP contribution in [-0.2, 0) is 0 Å². The minimum atomic E-state index is 0.0925. The fourth-order valence-corrected chi connectivity index (χ4v) is 4.80. The number of hydrogen-bond acceptors (Lipinski definition) is 4. The van der Waals surface area contributed by atoms with Crippen molar-refractivity contribution in [3.05, 3.63) is 86.8 Å². The largest absolute Gasteiger partial charge is 0.497 e. The van der Waals surface area contributed by atoms with Crippen LogP contribution in [0.15, 0.2) is 80.8 Å². The van der Waals surface area contributed by atoms with Crippen molar-refractivity contribution < 1.29 is 9.47 Å². The smallest absolute Gasteiger partial charge is 0.119 e. The molecule has 0 N–H and O–H groups in total. The number of rotatable bonds is 6. The fraction of sp³-hybridized carbons (Fsp3) is 0.208. The molecule has 6 heteroatoms. The standard InChI is InChI=1S/C24H22Br2N2O2/c1-3-30-20-11-4-16(5-12-20)22-15-24(17-6-9-19(29-2)10-7-17)28(27-22)23-13-8-18(25)14-21(23)26/h4-14,24H,3,15H2,1-2H3. The van der Waals surface area contributed by atoms with Crippen molar-refractivity contribution in [1.82, 2.24) is 0 Å². The zero-order chi connectivity index (χ0) is 21.1. The molecule has 0 fully saturated rings. The lowest BCUT2D eigenvalue weighted by molar-refractivity contribution is 0.340. The SMILES string of the molecule is CCOc1ccc(C2=NN(c3ccc(Br)cc3Br)C(c3ccc(OC)cc3)C2)cc1. The molecule has 30 heavy (non-hydrogen) atoms. The Morgan fingerprint density at radius 1 is 0.967 bits per heavy atom. The zero-order valence-corrected chi connectivity index (χ0v) is 20.0. The number of methoxy groups -OCH3 is 1. The molecule has 0 saturated heterocycles.